The molecule has 9 heteroatoms. The summed E-state index contributed by atoms with van der Waals surface area (Å²) in [5.74, 6) is -0.974. The molecule has 148 valence electrons. The number of para-hydroxylation sites is 1. The summed E-state index contributed by atoms with van der Waals surface area (Å²) in [5, 5.41) is 15.5. The predicted octanol–water partition coefficient (Wildman–Crippen LogP) is 4.49. The Labute approximate surface area is 171 Å². The first kappa shape index (κ1) is 20.1. The Bertz CT molecular complexity index is 1040. The molecule has 3 N–H and O–H groups in total. The number of carboxylic acids is 1. The maximum Gasteiger partial charge on any atom is 0.338 e. The van der Waals surface area contributed by atoms with Crippen molar-refractivity contribution in [3.8, 4) is 0 Å². The Morgan fingerprint density at radius 1 is 1.10 bits per heavy atom. The van der Waals surface area contributed by atoms with Crippen LogP contribution in [0, 0.1) is 0 Å². The minimum Gasteiger partial charge on any atom is -0.478 e. The second kappa shape index (κ2) is 9.03. The van der Waals surface area contributed by atoms with E-state index in [4.69, 9.17) is 16.3 Å². The summed E-state index contributed by atoms with van der Waals surface area (Å²) in [6, 6.07) is 13.1. The van der Waals surface area contributed by atoms with Crippen molar-refractivity contribution < 1.29 is 19.4 Å². The highest BCUT2D eigenvalue weighted by atomic mass is 35.5. The van der Waals surface area contributed by atoms with Gasteiger partial charge in [0.25, 0.3) is 0 Å². The molecule has 0 bridgehead atoms. The number of aromatic carboxylic acids is 1. The van der Waals surface area contributed by atoms with Crippen molar-refractivity contribution in [1.82, 2.24) is 9.97 Å². The lowest BCUT2D eigenvalue weighted by molar-refractivity contribution is 0.0526. The van der Waals surface area contributed by atoms with Gasteiger partial charge in [-0.3, -0.25) is 0 Å². The van der Waals surface area contributed by atoms with Crippen LogP contribution in [-0.4, -0.2) is 33.6 Å². The van der Waals surface area contributed by atoms with Gasteiger partial charge in [-0.15, -0.1) is 0 Å². The summed E-state index contributed by atoms with van der Waals surface area (Å²) in [6.45, 7) is 2.05. The predicted molar refractivity (Wildman–Crippen MR) is 109 cm³/mol. The zero-order chi connectivity index (χ0) is 20.8. The lowest BCUT2D eigenvalue weighted by Crippen LogP contribution is -2.06. The average molecular weight is 413 g/mol. The first-order chi connectivity index (χ1) is 14.0. The minimum atomic E-state index is -1.07. The average Bonchev–Trinajstić information content (AvgIpc) is 2.71. The van der Waals surface area contributed by atoms with Crippen molar-refractivity contribution >= 4 is 46.7 Å². The summed E-state index contributed by atoms with van der Waals surface area (Å²) < 4.78 is 4.95. The smallest absolute Gasteiger partial charge is 0.338 e. The number of nitrogens with zero attached hydrogens (tertiary/aromatic N) is 2. The molecular weight excluding hydrogens is 396 g/mol. The topological polar surface area (TPSA) is 113 Å². The number of halogens is 1. The molecule has 0 unspecified atom stereocenters. The van der Waals surface area contributed by atoms with E-state index in [0.717, 1.165) is 0 Å². The lowest BCUT2D eigenvalue weighted by Gasteiger charge is -2.12. The molecule has 0 saturated heterocycles. The van der Waals surface area contributed by atoms with Crippen LogP contribution in [0.15, 0.2) is 54.7 Å². The molecular formula is C20H17ClN4O4. The molecule has 1 aromatic heterocycles. The number of hydrogen-bond acceptors (Lipinski definition) is 7. The maximum absolute atomic E-state index is 11.7. The van der Waals surface area contributed by atoms with Crippen LogP contribution in [0.2, 0.25) is 5.02 Å². The zero-order valence-electron chi connectivity index (χ0n) is 15.3. The SMILES string of the molecule is CCOC(=O)c1ccc(Nc2ncc(Cl)c(Nc3ccccc3C(=O)O)n2)cc1. The zero-order valence-corrected chi connectivity index (χ0v) is 16.1. The van der Waals surface area contributed by atoms with Crippen molar-refractivity contribution in [1.29, 1.82) is 0 Å². The molecule has 3 rings (SSSR count). The van der Waals surface area contributed by atoms with Gasteiger partial charge in [0.2, 0.25) is 5.95 Å². The standard InChI is InChI=1S/C20H17ClN4O4/c1-2-29-19(28)12-7-9-13(10-8-12)23-20-22-11-15(21)17(25-20)24-16-6-4-3-5-14(16)18(26)27/h3-11H,2H2,1H3,(H,26,27)(H2,22,23,24,25). The molecule has 8 nitrogen and oxygen atoms in total. The van der Waals surface area contributed by atoms with Crippen LogP contribution in [0.4, 0.5) is 23.1 Å². The van der Waals surface area contributed by atoms with E-state index in [9.17, 15) is 14.7 Å². The molecule has 29 heavy (non-hydrogen) atoms. The molecule has 0 radical (unpaired) electrons. The van der Waals surface area contributed by atoms with Gasteiger partial charge in [0.1, 0.15) is 5.02 Å². The number of esters is 1. The van der Waals surface area contributed by atoms with E-state index in [1.807, 2.05) is 0 Å². The Morgan fingerprint density at radius 2 is 1.83 bits per heavy atom. The fourth-order valence-corrected chi connectivity index (χ4v) is 2.59. The quantitative estimate of drug-likeness (QED) is 0.486. The largest absolute Gasteiger partial charge is 0.478 e. The van der Waals surface area contributed by atoms with Gasteiger partial charge in [0, 0.05) is 5.69 Å². The number of nitrogens with one attached hydrogen (secondary N) is 2. The first-order valence-corrected chi connectivity index (χ1v) is 9.02. The van der Waals surface area contributed by atoms with Crippen molar-refractivity contribution in [2.24, 2.45) is 0 Å². The van der Waals surface area contributed by atoms with Crippen LogP contribution in [0.3, 0.4) is 0 Å². The Morgan fingerprint density at radius 3 is 2.52 bits per heavy atom. The van der Waals surface area contributed by atoms with Crippen molar-refractivity contribution in [2.75, 3.05) is 17.2 Å². The van der Waals surface area contributed by atoms with Gasteiger partial charge in [-0.25, -0.2) is 14.6 Å². The van der Waals surface area contributed by atoms with Crippen LogP contribution >= 0.6 is 11.6 Å². The molecule has 0 spiro atoms. The third-order valence-corrected chi connectivity index (χ3v) is 4.08. The van der Waals surface area contributed by atoms with Crippen LogP contribution in [0.5, 0.6) is 0 Å². The first-order valence-electron chi connectivity index (χ1n) is 8.64. The number of carbonyl (C=O) groups is 2. The number of carboxylic acid groups (broad SMARTS) is 1. The van der Waals surface area contributed by atoms with E-state index in [2.05, 4.69) is 20.6 Å². The van der Waals surface area contributed by atoms with Crippen LogP contribution in [0.1, 0.15) is 27.6 Å². The van der Waals surface area contributed by atoms with Gasteiger partial charge in [-0.05, 0) is 43.3 Å². The van der Waals surface area contributed by atoms with E-state index in [-0.39, 0.29) is 22.4 Å². The van der Waals surface area contributed by atoms with Gasteiger partial charge in [0.15, 0.2) is 5.82 Å². The minimum absolute atomic E-state index is 0.0891. The van der Waals surface area contributed by atoms with Crippen molar-refractivity contribution in [3.63, 3.8) is 0 Å². The van der Waals surface area contributed by atoms with Gasteiger partial charge >= 0.3 is 11.9 Å². The second-order valence-electron chi connectivity index (χ2n) is 5.79. The molecule has 0 aliphatic carbocycles. The van der Waals surface area contributed by atoms with E-state index in [0.29, 0.717) is 23.5 Å². The molecule has 0 fully saturated rings. The normalized spacial score (nSPS) is 10.3. The third kappa shape index (κ3) is 4.99. The number of anilines is 4. The van der Waals surface area contributed by atoms with Gasteiger partial charge in [0.05, 0.1) is 29.6 Å². The monoisotopic (exact) mass is 412 g/mol. The summed E-state index contributed by atoms with van der Waals surface area (Å²) >= 11 is 6.15. The van der Waals surface area contributed by atoms with E-state index in [1.165, 1.54) is 12.3 Å². The Balaban J connectivity index is 1.79. The number of rotatable bonds is 7. The fraction of sp³-hybridized carbons (Fsp3) is 0.100. The molecule has 1 heterocycles. The van der Waals surface area contributed by atoms with Crippen LogP contribution in [0.25, 0.3) is 0 Å². The summed E-state index contributed by atoms with van der Waals surface area (Å²) in [6.07, 6.45) is 1.40. The number of carbonyl (C=O) groups excluding carboxylic acids is 1. The fourth-order valence-electron chi connectivity index (χ4n) is 2.45. The highest BCUT2D eigenvalue weighted by molar-refractivity contribution is 6.33. The second-order valence-corrected chi connectivity index (χ2v) is 6.20. The molecule has 0 atom stereocenters. The number of hydrogen-bond donors (Lipinski definition) is 3. The van der Waals surface area contributed by atoms with Crippen molar-refractivity contribution in [3.05, 3.63) is 70.9 Å². The molecule has 0 amide bonds. The van der Waals surface area contributed by atoms with Crippen LogP contribution < -0.4 is 10.6 Å². The summed E-state index contributed by atoms with van der Waals surface area (Å²) in [4.78, 5) is 31.5. The highest BCUT2D eigenvalue weighted by Gasteiger charge is 2.13. The maximum atomic E-state index is 11.7. The van der Waals surface area contributed by atoms with E-state index < -0.39 is 11.9 Å². The van der Waals surface area contributed by atoms with Gasteiger partial charge in [-0.1, -0.05) is 23.7 Å². The number of benzene rings is 2. The number of ether oxygens (including phenoxy) is 1. The Kier molecular flexibility index (Phi) is 6.25. The third-order valence-electron chi connectivity index (χ3n) is 3.81. The van der Waals surface area contributed by atoms with E-state index in [1.54, 1.807) is 49.4 Å². The summed E-state index contributed by atoms with van der Waals surface area (Å²) in [5.41, 5.74) is 1.52. The van der Waals surface area contributed by atoms with E-state index >= 15 is 0 Å². The molecule has 0 saturated carbocycles. The summed E-state index contributed by atoms with van der Waals surface area (Å²) in [7, 11) is 0. The van der Waals surface area contributed by atoms with Crippen molar-refractivity contribution in [2.45, 2.75) is 6.92 Å². The van der Waals surface area contributed by atoms with Crippen LogP contribution in [-0.2, 0) is 4.74 Å². The van der Waals surface area contributed by atoms with Gasteiger partial charge in [-0.2, -0.15) is 4.98 Å². The molecule has 3 aromatic rings. The number of aromatic nitrogens is 2. The molecule has 2 aromatic carbocycles. The highest BCUT2D eigenvalue weighted by Crippen LogP contribution is 2.26. The van der Waals surface area contributed by atoms with Gasteiger partial charge < -0.3 is 20.5 Å². The molecule has 0 aliphatic heterocycles. The lowest BCUT2D eigenvalue weighted by atomic mass is 10.2. The Hall–Kier alpha value is -3.65. The molecule has 0 aliphatic rings.